The molecule has 0 amide bonds. The predicted octanol–water partition coefficient (Wildman–Crippen LogP) is 3.10. The van der Waals surface area contributed by atoms with Gasteiger partial charge in [-0.3, -0.25) is 0 Å². The number of esters is 1. The first-order chi connectivity index (χ1) is 9.04. The van der Waals surface area contributed by atoms with E-state index in [0.717, 1.165) is 11.3 Å². The molecule has 0 bridgehead atoms. The highest BCUT2D eigenvalue weighted by Gasteiger charge is 2.18. The number of benzene rings is 1. The number of ether oxygens (including phenoxy) is 1. The summed E-state index contributed by atoms with van der Waals surface area (Å²) < 4.78 is 6.74. The molecule has 0 saturated heterocycles. The van der Waals surface area contributed by atoms with Gasteiger partial charge in [0.05, 0.1) is 12.3 Å². The molecular formula is C14H15ClN2O2. The minimum absolute atomic E-state index is 0.323. The zero-order valence-corrected chi connectivity index (χ0v) is 11.6. The first-order valence-electron chi connectivity index (χ1n) is 5.92. The van der Waals surface area contributed by atoms with Crippen LogP contribution in [0, 0.1) is 0 Å². The molecule has 0 spiro atoms. The Balaban J connectivity index is 2.45. The van der Waals surface area contributed by atoms with Crippen LogP contribution >= 0.6 is 11.6 Å². The van der Waals surface area contributed by atoms with Crippen LogP contribution in [-0.4, -0.2) is 17.1 Å². The normalized spacial score (nSPS) is 10.5. The molecule has 0 radical (unpaired) electrons. The highest BCUT2D eigenvalue weighted by atomic mass is 35.5. The van der Waals surface area contributed by atoms with Gasteiger partial charge in [0.25, 0.3) is 0 Å². The molecule has 2 N–H and O–H groups in total. The van der Waals surface area contributed by atoms with Gasteiger partial charge < -0.3 is 15.0 Å². The number of carbonyl (C=O) groups is 1. The van der Waals surface area contributed by atoms with Gasteiger partial charge in [-0.25, -0.2) is 4.79 Å². The van der Waals surface area contributed by atoms with Crippen molar-refractivity contribution in [3.05, 3.63) is 40.9 Å². The summed E-state index contributed by atoms with van der Waals surface area (Å²) in [5.74, 6) is -0.0146. The zero-order chi connectivity index (χ0) is 14.0. The first kappa shape index (κ1) is 13.5. The molecule has 0 unspecified atom stereocenters. The Morgan fingerprint density at radius 3 is 2.58 bits per heavy atom. The van der Waals surface area contributed by atoms with Gasteiger partial charge in [-0.15, -0.1) is 0 Å². The van der Waals surface area contributed by atoms with E-state index in [1.807, 2.05) is 19.2 Å². The van der Waals surface area contributed by atoms with Crippen molar-refractivity contribution in [1.29, 1.82) is 0 Å². The van der Waals surface area contributed by atoms with E-state index in [1.54, 1.807) is 29.7 Å². The lowest BCUT2D eigenvalue weighted by atomic mass is 10.1. The van der Waals surface area contributed by atoms with Crippen LogP contribution in [0.1, 0.15) is 17.3 Å². The number of rotatable bonds is 3. The lowest BCUT2D eigenvalue weighted by molar-refractivity contribution is 0.0527. The molecule has 0 aliphatic heterocycles. The molecule has 2 aromatic rings. The van der Waals surface area contributed by atoms with Gasteiger partial charge in [0.1, 0.15) is 11.4 Å². The highest BCUT2D eigenvalue weighted by molar-refractivity contribution is 6.30. The standard InChI is InChI=1S/C14H15ClN2O2/c1-3-19-14(18)11-8-12(17(2)13(11)16)9-4-6-10(15)7-5-9/h4-8H,3,16H2,1-2H3. The smallest absolute Gasteiger partial charge is 0.341 e. The molecular weight excluding hydrogens is 264 g/mol. The summed E-state index contributed by atoms with van der Waals surface area (Å²) in [6.45, 7) is 2.08. The molecule has 0 aliphatic carbocycles. The van der Waals surface area contributed by atoms with Crippen LogP contribution in [0.3, 0.4) is 0 Å². The van der Waals surface area contributed by atoms with Gasteiger partial charge in [0.2, 0.25) is 0 Å². The van der Waals surface area contributed by atoms with Crippen LogP contribution in [0.4, 0.5) is 5.82 Å². The molecule has 0 fully saturated rings. The number of aromatic nitrogens is 1. The maximum Gasteiger partial charge on any atom is 0.341 e. The van der Waals surface area contributed by atoms with Crippen LogP contribution in [0.2, 0.25) is 5.02 Å². The maximum atomic E-state index is 11.8. The van der Waals surface area contributed by atoms with Crippen molar-refractivity contribution in [2.24, 2.45) is 7.05 Å². The van der Waals surface area contributed by atoms with Crippen LogP contribution in [0.5, 0.6) is 0 Å². The Labute approximate surface area is 116 Å². The summed E-state index contributed by atoms with van der Waals surface area (Å²) in [5, 5.41) is 0.663. The Morgan fingerprint density at radius 2 is 2.00 bits per heavy atom. The molecule has 100 valence electrons. The van der Waals surface area contributed by atoms with Crippen molar-refractivity contribution in [2.75, 3.05) is 12.3 Å². The molecule has 0 aliphatic rings. The van der Waals surface area contributed by atoms with Gasteiger partial charge in [0.15, 0.2) is 0 Å². The van der Waals surface area contributed by atoms with Crippen molar-refractivity contribution < 1.29 is 9.53 Å². The quantitative estimate of drug-likeness (QED) is 0.878. The molecule has 5 heteroatoms. The predicted molar refractivity (Wildman–Crippen MR) is 76.2 cm³/mol. The van der Waals surface area contributed by atoms with Gasteiger partial charge in [-0.1, -0.05) is 23.7 Å². The Kier molecular flexibility index (Phi) is 3.81. The fourth-order valence-corrected chi connectivity index (χ4v) is 2.01. The number of nitrogen functional groups attached to an aromatic ring is 1. The zero-order valence-electron chi connectivity index (χ0n) is 10.8. The average molecular weight is 279 g/mol. The van der Waals surface area contributed by atoms with E-state index < -0.39 is 5.97 Å². The van der Waals surface area contributed by atoms with Gasteiger partial charge in [-0.05, 0) is 30.7 Å². The molecule has 0 atom stereocenters. The second-order valence-electron chi connectivity index (χ2n) is 4.11. The number of nitrogens with two attached hydrogens (primary N) is 1. The van der Waals surface area contributed by atoms with E-state index in [1.165, 1.54) is 0 Å². The van der Waals surface area contributed by atoms with Gasteiger partial charge in [0, 0.05) is 12.1 Å². The summed E-state index contributed by atoms with van der Waals surface area (Å²) in [6, 6.07) is 9.09. The average Bonchev–Trinajstić information content (AvgIpc) is 2.68. The van der Waals surface area contributed by atoms with Gasteiger partial charge in [-0.2, -0.15) is 0 Å². The second-order valence-corrected chi connectivity index (χ2v) is 4.55. The molecule has 19 heavy (non-hydrogen) atoms. The number of anilines is 1. The molecule has 4 nitrogen and oxygen atoms in total. The molecule has 1 aromatic heterocycles. The summed E-state index contributed by atoms with van der Waals surface area (Å²) in [6.07, 6.45) is 0. The molecule has 2 rings (SSSR count). The number of hydrogen-bond donors (Lipinski definition) is 1. The minimum Gasteiger partial charge on any atom is -0.462 e. The minimum atomic E-state index is -0.407. The van der Waals surface area contributed by atoms with E-state index in [9.17, 15) is 4.79 Å². The summed E-state index contributed by atoms with van der Waals surface area (Å²) in [5.41, 5.74) is 8.11. The molecule has 0 saturated carbocycles. The number of carbonyl (C=O) groups excluding carboxylic acids is 1. The SMILES string of the molecule is CCOC(=O)c1cc(-c2ccc(Cl)cc2)n(C)c1N. The molecule has 1 heterocycles. The van der Waals surface area contributed by atoms with Crippen LogP contribution < -0.4 is 5.73 Å². The van der Waals surface area contributed by atoms with E-state index in [2.05, 4.69) is 0 Å². The fraction of sp³-hybridized carbons (Fsp3) is 0.214. The fourth-order valence-electron chi connectivity index (χ4n) is 1.89. The van der Waals surface area contributed by atoms with E-state index in [0.29, 0.717) is 23.0 Å². The van der Waals surface area contributed by atoms with Crippen molar-refractivity contribution in [3.8, 4) is 11.3 Å². The Hall–Kier alpha value is -1.94. The first-order valence-corrected chi connectivity index (χ1v) is 6.30. The van der Waals surface area contributed by atoms with E-state index >= 15 is 0 Å². The number of halogens is 1. The Bertz CT molecular complexity index is 603. The highest BCUT2D eigenvalue weighted by Crippen LogP contribution is 2.28. The van der Waals surface area contributed by atoms with Crippen molar-refractivity contribution in [2.45, 2.75) is 6.92 Å². The third-order valence-corrected chi connectivity index (χ3v) is 3.17. The van der Waals surface area contributed by atoms with E-state index in [4.69, 9.17) is 22.1 Å². The van der Waals surface area contributed by atoms with Crippen LogP contribution in [-0.2, 0) is 11.8 Å². The van der Waals surface area contributed by atoms with Crippen molar-refractivity contribution >= 4 is 23.4 Å². The largest absolute Gasteiger partial charge is 0.462 e. The summed E-state index contributed by atoms with van der Waals surface area (Å²) >= 11 is 5.86. The lowest BCUT2D eigenvalue weighted by Gasteiger charge is -2.05. The Morgan fingerprint density at radius 1 is 1.37 bits per heavy atom. The summed E-state index contributed by atoms with van der Waals surface area (Å²) in [4.78, 5) is 11.8. The number of nitrogens with zero attached hydrogens (tertiary/aromatic N) is 1. The monoisotopic (exact) mass is 278 g/mol. The molecule has 1 aromatic carbocycles. The van der Waals surface area contributed by atoms with Crippen LogP contribution in [0.15, 0.2) is 30.3 Å². The van der Waals surface area contributed by atoms with Crippen molar-refractivity contribution in [1.82, 2.24) is 4.57 Å². The summed E-state index contributed by atoms with van der Waals surface area (Å²) in [7, 11) is 1.81. The second kappa shape index (κ2) is 5.36. The third kappa shape index (κ3) is 2.58. The maximum absolute atomic E-state index is 11.8. The topological polar surface area (TPSA) is 57.2 Å². The van der Waals surface area contributed by atoms with E-state index in [-0.39, 0.29) is 0 Å². The van der Waals surface area contributed by atoms with Crippen LogP contribution in [0.25, 0.3) is 11.3 Å². The number of hydrogen-bond acceptors (Lipinski definition) is 3. The van der Waals surface area contributed by atoms with Crippen molar-refractivity contribution in [3.63, 3.8) is 0 Å². The van der Waals surface area contributed by atoms with Gasteiger partial charge >= 0.3 is 5.97 Å². The third-order valence-electron chi connectivity index (χ3n) is 2.92. The lowest BCUT2D eigenvalue weighted by Crippen LogP contribution is -2.07.